The van der Waals surface area contributed by atoms with Crippen LogP contribution in [0, 0.1) is 6.92 Å². The van der Waals surface area contributed by atoms with Gasteiger partial charge in [-0.1, -0.05) is 18.2 Å². The second kappa shape index (κ2) is 4.13. The number of carbonyl (C=O) groups excluding carboxylic acids is 1. The first-order chi connectivity index (χ1) is 8.72. The van der Waals surface area contributed by atoms with Crippen molar-refractivity contribution in [3.05, 3.63) is 46.5 Å². The lowest BCUT2D eigenvalue weighted by Gasteiger charge is -2.20. The minimum atomic E-state index is -0.235. The fourth-order valence-electron chi connectivity index (χ4n) is 2.99. The van der Waals surface area contributed by atoms with Gasteiger partial charge in [0.25, 0.3) is 0 Å². The van der Waals surface area contributed by atoms with E-state index in [0.29, 0.717) is 5.56 Å². The van der Waals surface area contributed by atoms with Gasteiger partial charge in [-0.2, -0.15) is 0 Å². The quantitative estimate of drug-likeness (QED) is 0.714. The molecule has 0 atom stereocenters. The number of ether oxygens (including phenoxy) is 1. The molecule has 0 radical (unpaired) electrons. The Kier molecular flexibility index (Phi) is 2.58. The van der Waals surface area contributed by atoms with Crippen LogP contribution in [0.15, 0.2) is 24.3 Å². The Morgan fingerprint density at radius 2 is 2.00 bits per heavy atom. The molecule has 0 saturated carbocycles. The third kappa shape index (κ3) is 1.52. The highest BCUT2D eigenvalue weighted by molar-refractivity contribution is 6.01. The van der Waals surface area contributed by atoms with Crippen molar-refractivity contribution in [1.29, 1.82) is 0 Å². The molecule has 0 N–H and O–H groups in total. The highest BCUT2D eigenvalue weighted by Gasteiger charge is 2.19. The van der Waals surface area contributed by atoms with Crippen molar-refractivity contribution in [3.8, 4) is 0 Å². The van der Waals surface area contributed by atoms with Crippen LogP contribution in [0.5, 0.6) is 0 Å². The fourth-order valence-corrected chi connectivity index (χ4v) is 2.99. The topological polar surface area (TPSA) is 26.3 Å². The second-order valence-corrected chi connectivity index (χ2v) is 4.89. The first-order valence-electron chi connectivity index (χ1n) is 6.34. The lowest BCUT2D eigenvalue weighted by Crippen LogP contribution is -2.09. The summed E-state index contributed by atoms with van der Waals surface area (Å²) < 4.78 is 4.87. The van der Waals surface area contributed by atoms with Crippen molar-refractivity contribution in [2.75, 3.05) is 7.11 Å². The fraction of sp³-hybridized carbons (Fsp3) is 0.312. The van der Waals surface area contributed by atoms with Gasteiger partial charge in [-0.3, -0.25) is 0 Å². The van der Waals surface area contributed by atoms with Gasteiger partial charge in [0.05, 0.1) is 12.7 Å². The summed E-state index contributed by atoms with van der Waals surface area (Å²) in [6, 6.07) is 8.41. The maximum Gasteiger partial charge on any atom is 0.338 e. The molecule has 0 bridgehead atoms. The Balaban J connectivity index is 2.38. The van der Waals surface area contributed by atoms with Crippen LogP contribution in [-0.2, 0) is 17.6 Å². The summed E-state index contributed by atoms with van der Waals surface area (Å²) in [5.41, 5.74) is 4.44. The van der Waals surface area contributed by atoms with E-state index in [1.54, 1.807) is 0 Å². The number of benzene rings is 2. The molecule has 1 aliphatic carbocycles. The van der Waals surface area contributed by atoms with Crippen molar-refractivity contribution >= 4 is 16.7 Å². The first kappa shape index (κ1) is 11.3. The Morgan fingerprint density at radius 1 is 1.22 bits per heavy atom. The SMILES string of the molecule is COC(=O)c1cc2c3c(cccc3c1C)CCC2. The molecule has 0 saturated heterocycles. The minimum Gasteiger partial charge on any atom is -0.465 e. The van der Waals surface area contributed by atoms with Crippen LogP contribution in [0.4, 0.5) is 0 Å². The minimum absolute atomic E-state index is 0.235. The van der Waals surface area contributed by atoms with Crippen molar-refractivity contribution < 1.29 is 9.53 Å². The zero-order valence-corrected chi connectivity index (χ0v) is 10.7. The highest BCUT2D eigenvalue weighted by atomic mass is 16.5. The Morgan fingerprint density at radius 3 is 2.78 bits per heavy atom. The molecule has 0 fully saturated rings. The van der Waals surface area contributed by atoms with Crippen LogP contribution in [0.2, 0.25) is 0 Å². The standard InChI is InChI=1S/C16H16O2/c1-10-13-8-4-6-11-5-3-7-12(15(11)13)9-14(10)16(17)18-2/h4,6,8-9H,3,5,7H2,1-2H3. The molecule has 0 heterocycles. The van der Waals surface area contributed by atoms with Crippen molar-refractivity contribution in [2.24, 2.45) is 0 Å². The van der Waals surface area contributed by atoms with E-state index in [9.17, 15) is 4.79 Å². The van der Waals surface area contributed by atoms with E-state index in [4.69, 9.17) is 4.74 Å². The van der Waals surface area contributed by atoms with Crippen LogP contribution in [-0.4, -0.2) is 13.1 Å². The number of methoxy groups -OCH3 is 1. The molecule has 0 spiro atoms. The first-order valence-corrected chi connectivity index (χ1v) is 6.34. The van der Waals surface area contributed by atoms with Crippen LogP contribution >= 0.6 is 0 Å². The molecule has 1 aliphatic rings. The summed E-state index contributed by atoms with van der Waals surface area (Å²) in [5, 5.41) is 2.55. The maximum atomic E-state index is 11.8. The van der Waals surface area contributed by atoms with Gasteiger partial charge in [0, 0.05) is 0 Å². The predicted molar refractivity (Wildman–Crippen MR) is 72.0 cm³/mol. The number of esters is 1. The Bertz CT molecular complexity index is 641. The van der Waals surface area contributed by atoms with Gasteiger partial charge in [-0.25, -0.2) is 4.79 Å². The van der Waals surface area contributed by atoms with Crippen LogP contribution < -0.4 is 0 Å². The van der Waals surface area contributed by atoms with Crippen molar-refractivity contribution in [2.45, 2.75) is 26.2 Å². The molecule has 0 aliphatic heterocycles. The van der Waals surface area contributed by atoms with Crippen LogP contribution in [0.3, 0.4) is 0 Å². The number of rotatable bonds is 1. The monoisotopic (exact) mass is 240 g/mol. The van der Waals surface area contributed by atoms with E-state index in [1.165, 1.54) is 29.0 Å². The maximum absolute atomic E-state index is 11.8. The molecule has 0 aromatic heterocycles. The summed E-state index contributed by atoms with van der Waals surface area (Å²) in [6.07, 6.45) is 3.36. The Hall–Kier alpha value is -1.83. The molecule has 2 aromatic rings. The van der Waals surface area contributed by atoms with E-state index < -0.39 is 0 Å². The third-order valence-electron chi connectivity index (χ3n) is 3.90. The van der Waals surface area contributed by atoms with Gasteiger partial charge in [0.15, 0.2) is 0 Å². The second-order valence-electron chi connectivity index (χ2n) is 4.89. The van der Waals surface area contributed by atoms with Gasteiger partial charge in [-0.05, 0) is 59.7 Å². The summed E-state index contributed by atoms with van der Waals surface area (Å²) in [6.45, 7) is 2.00. The zero-order valence-electron chi connectivity index (χ0n) is 10.7. The normalized spacial score (nSPS) is 13.7. The smallest absolute Gasteiger partial charge is 0.338 e. The van der Waals surface area contributed by atoms with E-state index in [1.807, 2.05) is 13.0 Å². The van der Waals surface area contributed by atoms with Gasteiger partial charge in [-0.15, -0.1) is 0 Å². The van der Waals surface area contributed by atoms with Gasteiger partial charge >= 0.3 is 5.97 Å². The molecule has 2 aromatic carbocycles. The number of aryl methyl sites for hydroxylation is 3. The van der Waals surface area contributed by atoms with E-state index >= 15 is 0 Å². The molecule has 92 valence electrons. The van der Waals surface area contributed by atoms with Crippen molar-refractivity contribution in [3.63, 3.8) is 0 Å². The largest absolute Gasteiger partial charge is 0.465 e. The van der Waals surface area contributed by atoms with E-state index in [0.717, 1.165) is 24.8 Å². The summed E-state index contributed by atoms with van der Waals surface area (Å²) in [7, 11) is 1.44. The molecular formula is C16H16O2. The average molecular weight is 240 g/mol. The molecule has 18 heavy (non-hydrogen) atoms. The number of hydrogen-bond donors (Lipinski definition) is 0. The van der Waals surface area contributed by atoms with Crippen LogP contribution in [0.25, 0.3) is 10.8 Å². The van der Waals surface area contributed by atoms with Crippen LogP contribution in [0.1, 0.15) is 33.5 Å². The molecule has 3 rings (SSSR count). The van der Waals surface area contributed by atoms with E-state index in [-0.39, 0.29) is 5.97 Å². The molecule has 2 nitrogen and oxygen atoms in total. The zero-order chi connectivity index (χ0) is 12.7. The van der Waals surface area contributed by atoms with E-state index in [2.05, 4.69) is 18.2 Å². The highest BCUT2D eigenvalue weighted by Crippen LogP contribution is 2.33. The summed E-state index contributed by atoms with van der Waals surface area (Å²) >= 11 is 0. The molecule has 0 unspecified atom stereocenters. The number of hydrogen-bond acceptors (Lipinski definition) is 2. The number of carbonyl (C=O) groups is 1. The predicted octanol–water partition coefficient (Wildman–Crippen LogP) is 3.42. The van der Waals surface area contributed by atoms with Gasteiger partial charge in [0.1, 0.15) is 0 Å². The Labute approximate surface area is 107 Å². The van der Waals surface area contributed by atoms with Gasteiger partial charge < -0.3 is 4.74 Å². The molecule has 2 heteroatoms. The average Bonchev–Trinajstić information content (AvgIpc) is 2.42. The molecule has 0 amide bonds. The molecular weight excluding hydrogens is 224 g/mol. The van der Waals surface area contributed by atoms with Gasteiger partial charge in [0.2, 0.25) is 0 Å². The van der Waals surface area contributed by atoms with Crippen molar-refractivity contribution in [1.82, 2.24) is 0 Å². The summed E-state index contributed by atoms with van der Waals surface area (Å²) in [5.74, 6) is -0.235. The lowest BCUT2D eigenvalue weighted by molar-refractivity contribution is 0.0600. The summed E-state index contributed by atoms with van der Waals surface area (Å²) in [4.78, 5) is 11.8. The third-order valence-corrected chi connectivity index (χ3v) is 3.90. The lowest BCUT2D eigenvalue weighted by atomic mass is 9.85.